The molecule has 0 aliphatic carbocycles. The molecular weight excluding hydrogens is 341 g/mol. The van der Waals surface area contributed by atoms with Crippen LogP contribution in [0, 0.1) is 5.41 Å². The number of halogens is 2. The summed E-state index contributed by atoms with van der Waals surface area (Å²) in [5, 5.41) is 0.891. The van der Waals surface area contributed by atoms with E-state index in [9.17, 15) is 9.59 Å². The second-order valence-electron chi connectivity index (χ2n) is 5.86. The Morgan fingerprint density at radius 3 is 2.50 bits per heavy atom. The highest BCUT2D eigenvalue weighted by Gasteiger charge is 2.18. The molecule has 116 valence electrons. The largest absolute Gasteiger partial charge is 0.313 e. The van der Waals surface area contributed by atoms with Crippen molar-refractivity contribution in [3.63, 3.8) is 0 Å². The summed E-state index contributed by atoms with van der Waals surface area (Å²) in [6.07, 6.45) is 3.18. The average Bonchev–Trinajstić information content (AvgIpc) is 2.73. The van der Waals surface area contributed by atoms with Crippen LogP contribution in [0.1, 0.15) is 26.3 Å². The van der Waals surface area contributed by atoms with Gasteiger partial charge in [-0.1, -0.05) is 50.0 Å². The molecule has 0 amide bonds. The minimum absolute atomic E-state index is 0.0360. The van der Waals surface area contributed by atoms with Crippen molar-refractivity contribution in [2.45, 2.75) is 20.8 Å². The Hall–Kier alpha value is -1.36. The van der Waals surface area contributed by atoms with Crippen molar-refractivity contribution >= 4 is 52.5 Å². The number of aromatic amines is 1. The van der Waals surface area contributed by atoms with Crippen LogP contribution in [0.15, 0.2) is 23.0 Å². The summed E-state index contributed by atoms with van der Waals surface area (Å²) < 4.78 is 1.04. The Morgan fingerprint density at radius 2 is 1.91 bits per heavy atom. The SMILES string of the molecule is CC(C)(C)C(=O)/C=c1\[nH]c(=O)/c(=C\c2ccc(Cl)c(Cl)c2)s1. The van der Waals surface area contributed by atoms with E-state index < -0.39 is 5.41 Å². The van der Waals surface area contributed by atoms with Crippen LogP contribution in [0.3, 0.4) is 0 Å². The van der Waals surface area contributed by atoms with E-state index in [2.05, 4.69) is 4.98 Å². The summed E-state index contributed by atoms with van der Waals surface area (Å²) in [6.45, 7) is 5.50. The van der Waals surface area contributed by atoms with Gasteiger partial charge in [-0.2, -0.15) is 0 Å². The van der Waals surface area contributed by atoms with Gasteiger partial charge >= 0.3 is 0 Å². The lowest BCUT2D eigenvalue weighted by atomic mass is 9.91. The minimum atomic E-state index is -0.478. The topological polar surface area (TPSA) is 49.9 Å². The molecule has 0 aliphatic heterocycles. The number of Topliss-reactive ketones (excluding diaryl/α,β-unsaturated/α-hetero) is 1. The third-order valence-corrected chi connectivity index (χ3v) is 4.63. The zero-order chi connectivity index (χ0) is 16.5. The molecule has 0 radical (unpaired) electrons. The molecule has 2 aromatic rings. The molecule has 1 heterocycles. The number of benzene rings is 1. The Balaban J connectivity index is 2.48. The van der Waals surface area contributed by atoms with Crippen molar-refractivity contribution in [1.29, 1.82) is 0 Å². The number of rotatable bonds is 2. The van der Waals surface area contributed by atoms with Crippen molar-refractivity contribution in [3.05, 3.63) is 53.4 Å². The van der Waals surface area contributed by atoms with Crippen LogP contribution in [0.5, 0.6) is 0 Å². The maximum Gasteiger partial charge on any atom is 0.266 e. The van der Waals surface area contributed by atoms with Gasteiger partial charge in [-0.3, -0.25) is 9.59 Å². The molecular formula is C16H15Cl2NO2S. The van der Waals surface area contributed by atoms with Crippen molar-refractivity contribution in [1.82, 2.24) is 4.98 Å². The first-order chi connectivity index (χ1) is 10.2. The summed E-state index contributed by atoms with van der Waals surface area (Å²) in [6, 6.07) is 5.14. The lowest BCUT2D eigenvalue weighted by molar-refractivity contribution is -0.119. The van der Waals surface area contributed by atoms with E-state index in [-0.39, 0.29) is 11.3 Å². The van der Waals surface area contributed by atoms with Crippen LogP contribution in [0.2, 0.25) is 10.0 Å². The van der Waals surface area contributed by atoms with Crippen molar-refractivity contribution in [3.8, 4) is 0 Å². The van der Waals surface area contributed by atoms with Crippen molar-refractivity contribution in [2.75, 3.05) is 0 Å². The smallest absolute Gasteiger partial charge is 0.266 e. The van der Waals surface area contributed by atoms with E-state index in [0.29, 0.717) is 19.2 Å². The first-order valence-corrected chi connectivity index (χ1v) is 8.16. The molecule has 0 saturated carbocycles. The van der Waals surface area contributed by atoms with E-state index in [1.54, 1.807) is 24.3 Å². The molecule has 0 atom stereocenters. The first kappa shape index (κ1) is 17.0. The molecule has 1 N–H and O–H groups in total. The highest BCUT2D eigenvalue weighted by Crippen LogP contribution is 2.22. The van der Waals surface area contributed by atoms with Gasteiger partial charge in [-0.15, -0.1) is 11.3 Å². The Bertz CT molecular complexity index is 888. The van der Waals surface area contributed by atoms with Crippen molar-refractivity contribution < 1.29 is 4.79 Å². The highest BCUT2D eigenvalue weighted by atomic mass is 35.5. The predicted octanol–water partition coefficient (Wildman–Crippen LogP) is 2.97. The Labute approximate surface area is 141 Å². The van der Waals surface area contributed by atoms with Gasteiger partial charge in [0.15, 0.2) is 5.78 Å². The summed E-state index contributed by atoms with van der Waals surface area (Å²) >= 11 is 13.1. The summed E-state index contributed by atoms with van der Waals surface area (Å²) in [5.74, 6) is -0.0360. The molecule has 0 saturated heterocycles. The molecule has 0 fully saturated rings. The van der Waals surface area contributed by atoms with Crippen LogP contribution in [-0.2, 0) is 4.79 Å². The monoisotopic (exact) mass is 355 g/mol. The number of hydrogen-bond donors (Lipinski definition) is 1. The third-order valence-electron chi connectivity index (χ3n) is 2.92. The minimum Gasteiger partial charge on any atom is -0.313 e. The molecule has 1 aromatic heterocycles. The maximum atomic E-state index is 12.0. The van der Waals surface area contributed by atoms with E-state index in [4.69, 9.17) is 23.2 Å². The molecule has 0 spiro atoms. The number of aromatic nitrogens is 1. The lowest BCUT2D eigenvalue weighted by Crippen LogP contribution is -2.22. The zero-order valence-corrected chi connectivity index (χ0v) is 14.7. The number of carbonyl (C=O) groups is 1. The van der Waals surface area contributed by atoms with Gasteiger partial charge < -0.3 is 4.98 Å². The van der Waals surface area contributed by atoms with Gasteiger partial charge in [0.25, 0.3) is 5.56 Å². The van der Waals surface area contributed by atoms with Crippen LogP contribution in [0.25, 0.3) is 12.2 Å². The van der Waals surface area contributed by atoms with Gasteiger partial charge in [0.1, 0.15) is 0 Å². The molecule has 2 rings (SSSR count). The molecule has 1 aromatic carbocycles. The second-order valence-corrected chi connectivity index (χ2v) is 7.76. The standard InChI is InChI=1S/C16H15Cl2NO2S/c1-16(2,3)13(20)8-14-19-15(21)12(22-14)7-9-4-5-10(17)11(18)6-9/h4-8H,1-3H3,(H,19,21)/b12-7+,14-8+. The van der Waals surface area contributed by atoms with Gasteiger partial charge in [-0.05, 0) is 23.8 Å². The average molecular weight is 356 g/mol. The number of hydrogen-bond acceptors (Lipinski definition) is 3. The van der Waals surface area contributed by atoms with Gasteiger partial charge in [-0.25, -0.2) is 0 Å². The first-order valence-electron chi connectivity index (χ1n) is 6.59. The quantitative estimate of drug-likeness (QED) is 0.900. The van der Waals surface area contributed by atoms with Crippen LogP contribution >= 0.6 is 34.5 Å². The number of thiazole rings is 1. The van der Waals surface area contributed by atoms with Crippen LogP contribution in [-0.4, -0.2) is 10.8 Å². The Kier molecular flexibility index (Phi) is 4.95. The zero-order valence-electron chi connectivity index (χ0n) is 12.4. The molecule has 0 aliphatic rings. The fraction of sp³-hybridized carbons (Fsp3) is 0.250. The third kappa shape index (κ3) is 4.09. The summed E-state index contributed by atoms with van der Waals surface area (Å²) in [5.41, 5.74) is 0.0635. The van der Waals surface area contributed by atoms with E-state index in [0.717, 1.165) is 5.56 Å². The summed E-state index contributed by atoms with van der Waals surface area (Å²) in [4.78, 5) is 26.6. The van der Waals surface area contributed by atoms with E-state index in [1.165, 1.54) is 17.4 Å². The molecule has 3 nitrogen and oxygen atoms in total. The second kappa shape index (κ2) is 6.41. The number of H-pyrrole nitrogens is 1. The van der Waals surface area contributed by atoms with Crippen LogP contribution < -0.4 is 14.8 Å². The highest BCUT2D eigenvalue weighted by molar-refractivity contribution is 7.07. The van der Waals surface area contributed by atoms with Gasteiger partial charge in [0, 0.05) is 11.5 Å². The number of carbonyl (C=O) groups excluding carboxylic acids is 1. The van der Waals surface area contributed by atoms with Crippen LogP contribution in [0.4, 0.5) is 0 Å². The van der Waals surface area contributed by atoms with Crippen molar-refractivity contribution in [2.24, 2.45) is 5.41 Å². The molecule has 0 bridgehead atoms. The molecule has 6 heteroatoms. The number of ketones is 1. The Morgan fingerprint density at radius 1 is 1.23 bits per heavy atom. The van der Waals surface area contributed by atoms with E-state index >= 15 is 0 Å². The summed E-state index contributed by atoms with van der Waals surface area (Å²) in [7, 11) is 0. The predicted molar refractivity (Wildman–Crippen MR) is 93.1 cm³/mol. The molecule has 0 unspecified atom stereocenters. The fourth-order valence-corrected chi connectivity index (χ4v) is 2.81. The van der Waals surface area contributed by atoms with Gasteiger partial charge in [0.05, 0.1) is 19.2 Å². The van der Waals surface area contributed by atoms with Gasteiger partial charge in [0.2, 0.25) is 0 Å². The fourth-order valence-electron chi connectivity index (χ4n) is 1.61. The maximum absolute atomic E-state index is 12.0. The normalized spacial score (nSPS) is 13.7. The van der Waals surface area contributed by atoms with E-state index in [1.807, 2.05) is 20.8 Å². The lowest BCUT2D eigenvalue weighted by Gasteiger charge is -2.12. The number of nitrogens with one attached hydrogen (secondary N) is 1. The molecule has 22 heavy (non-hydrogen) atoms.